The minimum atomic E-state index is -0.511. The van der Waals surface area contributed by atoms with Crippen molar-refractivity contribution in [3.8, 4) is 0 Å². The fraction of sp³-hybridized carbons (Fsp3) is 0.529. The van der Waals surface area contributed by atoms with E-state index in [0.717, 1.165) is 5.56 Å². The van der Waals surface area contributed by atoms with Gasteiger partial charge in [0.2, 0.25) is 5.91 Å². The van der Waals surface area contributed by atoms with Gasteiger partial charge in [-0.15, -0.1) is 0 Å². The minimum absolute atomic E-state index is 0.0395. The van der Waals surface area contributed by atoms with Gasteiger partial charge >= 0.3 is 0 Å². The van der Waals surface area contributed by atoms with E-state index in [2.05, 4.69) is 13.8 Å². The maximum Gasteiger partial charge on any atom is 0.254 e. The highest BCUT2D eigenvalue weighted by molar-refractivity contribution is 5.99. The van der Waals surface area contributed by atoms with Gasteiger partial charge in [-0.25, -0.2) is 4.39 Å². The highest BCUT2D eigenvalue weighted by Gasteiger charge is 2.35. The Kier molecular flexibility index (Phi) is 4.84. The lowest BCUT2D eigenvalue weighted by molar-refractivity contribution is -0.140. The Hall–Kier alpha value is -1.91. The first-order valence-corrected chi connectivity index (χ1v) is 7.67. The number of carbonyl (C=O) groups excluding carboxylic acids is 2. The Balaban J connectivity index is 2.18. The molecule has 0 aliphatic carbocycles. The molecule has 1 aliphatic heterocycles. The van der Waals surface area contributed by atoms with Crippen molar-refractivity contribution < 1.29 is 14.0 Å². The third kappa shape index (κ3) is 3.29. The third-order valence-electron chi connectivity index (χ3n) is 4.02. The molecule has 1 saturated heterocycles. The van der Waals surface area contributed by atoms with E-state index in [1.54, 1.807) is 29.7 Å². The normalized spacial score (nSPS) is 19.0. The van der Waals surface area contributed by atoms with Crippen molar-refractivity contribution in [2.24, 2.45) is 5.92 Å². The summed E-state index contributed by atoms with van der Waals surface area (Å²) in [6.45, 7) is 9.34. The summed E-state index contributed by atoms with van der Waals surface area (Å²) >= 11 is 0. The number of halogens is 1. The fourth-order valence-corrected chi connectivity index (χ4v) is 2.81. The first-order valence-electron chi connectivity index (χ1n) is 7.67. The van der Waals surface area contributed by atoms with Crippen LogP contribution in [0, 0.1) is 18.7 Å². The molecule has 1 atom stereocenters. The summed E-state index contributed by atoms with van der Waals surface area (Å²) in [7, 11) is 0. The zero-order valence-corrected chi connectivity index (χ0v) is 13.6. The summed E-state index contributed by atoms with van der Waals surface area (Å²) < 4.78 is 13.4. The second-order valence-electron chi connectivity index (χ2n) is 6.31. The molecule has 0 unspecified atom stereocenters. The average molecular weight is 306 g/mol. The van der Waals surface area contributed by atoms with Gasteiger partial charge in [0.25, 0.3) is 5.91 Å². The molecule has 1 aliphatic rings. The number of hydrogen-bond acceptors (Lipinski definition) is 2. The lowest BCUT2D eigenvalue weighted by atomic mass is 10.0. The van der Waals surface area contributed by atoms with E-state index < -0.39 is 11.9 Å². The summed E-state index contributed by atoms with van der Waals surface area (Å²) in [5, 5.41) is 0. The van der Waals surface area contributed by atoms with Crippen LogP contribution in [0.2, 0.25) is 0 Å². The molecule has 0 aromatic heterocycles. The Morgan fingerprint density at radius 2 is 2.05 bits per heavy atom. The second-order valence-corrected chi connectivity index (χ2v) is 6.31. The molecule has 0 bridgehead atoms. The first-order chi connectivity index (χ1) is 10.3. The van der Waals surface area contributed by atoms with E-state index in [9.17, 15) is 14.0 Å². The number of benzene rings is 1. The molecule has 0 saturated carbocycles. The number of hydrogen-bond donors (Lipinski definition) is 0. The van der Waals surface area contributed by atoms with Gasteiger partial charge in [0.15, 0.2) is 0 Å². The van der Waals surface area contributed by atoms with Crippen LogP contribution in [-0.4, -0.2) is 47.3 Å². The Labute approximate surface area is 130 Å². The lowest BCUT2D eigenvalue weighted by Gasteiger charge is -2.40. The molecule has 5 heteroatoms. The maximum atomic E-state index is 13.4. The molecule has 1 fully saturated rings. The topological polar surface area (TPSA) is 40.6 Å². The van der Waals surface area contributed by atoms with Crippen molar-refractivity contribution in [2.75, 3.05) is 19.6 Å². The summed E-state index contributed by atoms with van der Waals surface area (Å²) in [4.78, 5) is 28.4. The van der Waals surface area contributed by atoms with Gasteiger partial charge in [-0.1, -0.05) is 19.9 Å². The van der Waals surface area contributed by atoms with Crippen LogP contribution in [0.15, 0.2) is 18.2 Å². The summed E-state index contributed by atoms with van der Waals surface area (Å²) in [6, 6.07) is 3.66. The Morgan fingerprint density at radius 1 is 1.36 bits per heavy atom. The smallest absolute Gasteiger partial charge is 0.254 e. The van der Waals surface area contributed by atoms with Gasteiger partial charge in [0.05, 0.1) is 0 Å². The number of carbonyl (C=O) groups is 2. The van der Waals surface area contributed by atoms with Crippen LogP contribution in [0.25, 0.3) is 0 Å². The molecule has 2 rings (SSSR count). The molecule has 1 aromatic rings. The van der Waals surface area contributed by atoms with Crippen LogP contribution in [-0.2, 0) is 4.79 Å². The van der Waals surface area contributed by atoms with E-state index in [0.29, 0.717) is 31.1 Å². The highest BCUT2D eigenvalue weighted by Crippen LogP contribution is 2.19. The second kappa shape index (κ2) is 6.46. The molecule has 120 valence electrons. The molecule has 4 nitrogen and oxygen atoms in total. The molecule has 0 spiro atoms. The number of nitrogens with zero attached hydrogens (tertiary/aromatic N) is 2. The quantitative estimate of drug-likeness (QED) is 0.861. The van der Waals surface area contributed by atoms with Crippen molar-refractivity contribution in [3.63, 3.8) is 0 Å². The van der Waals surface area contributed by atoms with E-state index in [-0.39, 0.29) is 11.8 Å². The van der Waals surface area contributed by atoms with Crippen LogP contribution >= 0.6 is 0 Å². The average Bonchev–Trinajstić information content (AvgIpc) is 2.45. The van der Waals surface area contributed by atoms with Crippen molar-refractivity contribution in [3.05, 3.63) is 35.1 Å². The molecule has 1 heterocycles. The summed E-state index contributed by atoms with van der Waals surface area (Å²) in [6.07, 6.45) is 0. The van der Waals surface area contributed by atoms with Crippen LogP contribution in [0.1, 0.15) is 36.7 Å². The van der Waals surface area contributed by atoms with Gasteiger partial charge in [-0.2, -0.15) is 0 Å². The Morgan fingerprint density at radius 3 is 2.68 bits per heavy atom. The monoisotopic (exact) mass is 306 g/mol. The minimum Gasteiger partial charge on any atom is -0.339 e. The van der Waals surface area contributed by atoms with E-state index >= 15 is 0 Å². The van der Waals surface area contributed by atoms with E-state index in [4.69, 9.17) is 0 Å². The van der Waals surface area contributed by atoms with Gasteiger partial charge < -0.3 is 9.80 Å². The van der Waals surface area contributed by atoms with Crippen molar-refractivity contribution >= 4 is 11.8 Å². The number of rotatable bonds is 3. The maximum absolute atomic E-state index is 13.4. The summed E-state index contributed by atoms with van der Waals surface area (Å²) in [5.41, 5.74) is 1.05. The van der Waals surface area contributed by atoms with Gasteiger partial charge in [-0.05, 0) is 37.5 Å². The van der Waals surface area contributed by atoms with Crippen molar-refractivity contribution in [1.29, 1.82) is 0 Å². The first kappa shape index (κ1) is 16.5. The predicted octanol–water partition coefficient (Wildman–Crippen LogP) is 2.46. The largest absolute Gasteiger partial charge is 0.339 e. The van der Waals surface area contributed by atoms with Crippen LogP contribution < -0.4 is 0 Å². The Bertz CT molecular complexity index is 586. The molecule has 22 heavy (non-hydrogen) atoms. The van der Waals surface area contributed by atoms with Gasteiger partial charge in [-0.3, -0.25) is 9.59 Å². The van der Waals surface area contributed by atoms with Crippen LogP contribution in [0.3, 0.4) is 0 Å². The number of aryl methyl sites for hydroxylation is 1. The molecule has 2 amide bonds. The molecular weight excluding hydrogens is 283 g/mol. The molecule has 0 radical (unpaired) electrons. The molecular formula is C17H23FN2O2. The molecule has 0 N–H and O–H groups in total. The standard InChI is InChI=1S/C17H23FN2O2/c1-11(2)10-19-7-8-20(13(4)16(19)21)17(22)15-9-14(18)6-5-12(15)3/h5-6,9,11,13H,7-8,10H2,1-4H3/t13-/m1/s1. The van der Waals surface area contributed by atoms with Gasteiger partial charge in [0.1, 0.15) is 11.9 Å². The zero-order chi connectivity index (χ0) is 16.4. The van der Waals surface area contributed by atoms with Crippen molar-refractivity contribution in [2.45, 2.75) is 33.7 Å². The van der Waals surface area contributed by atoms with Crippen LogP contribution in [0.5, 0.6) is 0 Å². The SMILES string of the molecule is Cc1ccc(F)cc1C(=O)N1CCN(CC(C)C)C(=O)[C@H]1C. The number of piperazine rings is 1. The van der Waals surface area contributed by atoms with E-state index in [1.807, 2.05) is 0 Å². The van der Waals surface area contributed by atoms with E-state index in [1.165, 1.54) is 12.1 Å². The van der Waals surface area contributed by atoms with Gasteiger partial charge in [0, 0.05) is 25.2 Å². The van der Waals surface area contributed by atoms with Crippen molar-refractivity contribution in [1.82, 2.24) is 9.80 Å². The van der Waals surface area contributed by atoms with Crippen LogP contribution in [0.4, 0.5) is 4.39 Å². The number of amides is 2. The molecule has 1 aromatic carbocycles. The third-order valence-corrected chi connectivity index (χ3v) is 4.02. The zero-order valence-electron chi connectivity index (χ0n) is 13.6. The summed E-state index contributed by atoms with van der Waals surface area (Å²) in [5.74, 6) is -0.361. The highest BCUT2D eigenvalue weighted by atomic mass is 19.1. The predicted molar refractivity (Wildman–Crippen MR) is 83.1 cm³/mol. The lowest BCUT2D eigenvalue weighted by Crippen LogP contribution is -2.58. The fourth-order valence-electron chi connectivity index (χ4n) is 2.81.